The molecule has 0 saturated heterocycles. The maximum Gasteiger partial charge on any atom is 0.255 e. The molecule has 1 aliphatic carbocycles. The molecular weight excluding hydrogens is 464 g/mol. The minimum Gasteiger partial charge on any atom is -0.356 e. The molecule has 37 heavy (non-hydrogen) atoms. The maximum absolute atomic E-state index is 13.6. The Labute approximate surface area is 216 Å². The molecule has 2 aliphatic heterocycles. The summed E-state index contributed by atoms with van der Waals surface area (Å²) in [6.45, 7) is 2.26. The highest BCUT2D eigenvalue weighted by Gasteiger charge is 2.49. The van der Waals surface area contributed by atoms with E-state index in [2.05, 4.69) is 27.8 Å². The first kappa shape index (κ1) is 23.5. The van der Waals surface area contributed by atoms with Gasteiger partial charge < -0.3 is 20.5 Å². The van der Waals surface area contributed by atoms with Crippen LogP contribution in [0.15, 0.2) is 60.2 Å². The number of hydrogen-bond acceptors (Lipinski definition) is 3. The molecule has 3 heterocycles. The van der Waals surface area contributed by atoms with Crippen LogP contribution in [0.2, 0.25) is 0 Å². The second-order valence-corrected chi connectivity index (χ2v) is 10.4. The quantitative estimate of drug-likeness (QED) is 0.448. The van der Waals surface area contributed by atoms with Crippen LogP contribution >= 0.6 is 0 Å². The summed E-state index contributed by atoms with van der Waals surface area (Å²) in [7, 11) is 0. The van der Waals surface area contributed by atoms with Gasteiger partial charge in [0.1, 0.15) is 12.1 Å². The highest BCUT2D eigenvalue weighted by molar-refractivity contribution is 6.04. The Bertz CT molecular complexity index is 1420. The molecule has 1 aromatic heterocycles. The molecule has 3 atom stereocenters. The van der Waals surface area contributed by atoms with Crippen molar-refractivity contribution in [2.75, 3.05) is 6.54 Å². The minimum absolute atomic E-state index is 0.150. The summed E-state index contributed by atoms with van der Waals surface area (Å²) in [4.78, 5) is 45.2. The van der Waals surface area contributed by atoms with Gasteiger partial charge in [-0.2, -0.15) is 0 Å². The summed E-state index contributed by atoms with van der Waals surface area (Å²) in [5, 5.41) is 6.93. The molecular formula is C30H32N4O3. The van der Waals surface area contributed by atoms with Gasteiger partial charge in [0, 0.05) is 35.1 Å². The van der Waals surface area contributed by atoms with Crippen LogP contribution in [0.25, 0.3) is 10.9 Å². The lowest BCUT2D eigenvalue weighted by atomic mass is 9.90. The zero-order chi connectivity index (χ0) is 25.5. The van der Waals surface area contributed by atoms with E-state index < -0.39 is 12.1 Å². The van der Waals surface area contributed by atoms with E-state index in [0.29, 0.717) is 18.5 Å². The number of benzene rings is 2. The zero-order valence-electron chi connectivity index (χ0n) is 21.0. The Balaban J connectivity index is 1.23. The second-order valence-electron chi connectivity index (χ2n) is 10.4. The van der Waals surface area contributed by atoms with Crippen molar-refractivity contribution in [1.82, 2.24) is 20.5 Å². The monoisotopic (exact) mass is 496 g/mol. The number of amides is 3. The molecule has 7 nitrogen and oxygen atoms in total. The lowest BCUT2D eigenvalue weighted by Gasteiger charge is -2.37. The first-order valence-electron chi connectivity index (χ1n) is 13.3. The Morgan fingerprint density at radius 1 is 1.11 bits per heavy atom. The number of carbonyl (C=O) groups is 3. The van der Waals surface area contributed by atoms with Gasteiger partial charge >= 0.3 is 0 Å². The first-order chi connectivity index (χ1) is 18.0. The van der Waals surface area contributed by atoms with E-state index >= 15 is 0 Å². The summed E-state index contributed by atoms with van der Waals surface area (Å²) in [6, 6.07) is 13.8. The fraction of sp³-hybridized carbons (Fsp3) is 0.367. The van der Waals surface area contributed by atoms with Crippen LogP contribution < -0.4 is 10.6 Å². The Hall–Kier alpha value is -3.87. The van der Waals surface area contributed by atoms with E-state index in [1.807, 2.05) is 42.5 Å². The fourth-order valence-electron chi connectivity index (χ4n) is 6.14. The molecule has 7 heteroatoms. The number of nitrogens with one attached hydrogen (secondary N) is 3. The molecule has 0 radical (unpaired) electrons. The lowest BCUT2D eigenvalue weighted by molar-refractivity contribution is -0.131. The van der Waals surface area contributed by atoms with E-state index in [-0.39, 0.29) is 23.8 Å². The van der Waals surface area contributed by atoms with Gasteiger partial charge in [-0.15, -0.1) is 0 Å². The van der Waals surface area contributed by atoms with E-state index in [1.165, 1.54) is 18.4 Å². The van der Waals surface area contributed by atoms with Crippen LogP contribution in [-0.4, -0.2) is 46.2 Å². The smallest absolute Gasteiger partial charge is 0.255 e. The van der Waals surface area contributed by atoms with Crippen molar-refractivity contribution >= 4 is 28.6 Å². The highest BCUT2D eigenvalue weighted by atomic mass is 16.2. The SMILES string of the molecule is CC(NC(=O)C1Cc2c([nH]c3ccccc23)C2c3ccccc3C(=O)N12)C(=O)NCCC1=CCCCC1. The average Bonchev–Trinajstić information content (AvgIpc) is 3.44. The van der Waals surface area contributed by atoms with Gasteiger partial charge in [0.2, 0.25) is 11.8 Å². The molecule has 0 saturated carbocycles. The normalized spacial score (nSPS) is 21.1. The number of nitrogens with zero attached hydrogens (tertiary/aromatic N) is 1. The molecule has 0 bridgehead atoms. The topological polar surface area (TPSA) is 94.3 Å². The largest absolute Gasteiger partial charge is 0.356 e. The van der Waals surface area contributed by atoms with Gasteiger partial charge in [0.25, 0.3) is 5.91 Å². The summed E-state index contributed by atoms with van der Waals surface area (Å²) in [6.07, 6.45) is 8.20. The number of para-hydroxylation sites is 1. The van der Waals surface area contributed by atoms with Crippen molar-refractivity contribution in [2.24, 2.45) is 0 Å². The molecule has 2 aromatic carbocycles. The second kappa shape index (κ2) is 9.54. The maximum atomic E-state index is 13.6. The predicted molar refractivity (Wildman–Crippen MR) is 142 cm³/mol. The summed E-state index contributed by atoms with van der Waals surface area (Å²) in [5.74, 6) is -0.663. The minimum atomic E-state index is -0.709. The van der Waals surface area contributed by atoms with Crippen LogP contribution in [0.1, 0.15) is 72.2 Å². The van der Waals surface area contributed by atoms with Crippen molar-refractivity contribution < 1.29 is 14.4 Å². The number of aromatic nitrogens is 1. The van der Waals surface area contributed by atoms with Crippen molar-refractivity contribution in [3.05, 3.63) is 82.6 Å². The molecule has 190 valence electrons. The van der Waals surface area contributed by atoms with E-state index in [0.717, 1.165) is 47.0 Å². The van der Waals surface area contributed by atoms with Crippen LogP contribution in [0, 0.1) is 0 Å². The van der Waals surface area contributed by atoms with Gasteiger partial charge in [-0.3, -0.25) is 14.4 Å². The van der Waals surface area contributed by atoms with E-state index in [4.69, 9.17) is 0 Å². The van der Waals surface area contributed by atoms with Gasteiger partial charge in [0.05, 0.1) is 6.04 Å². The number of aromatic amines is 1. The first-order valence-corrected chi connectivity index (χ1v) is 13.3. The van der Waals surface area contributed by atoms with Crippen LogP contribution in [0.5, 0.6) is 0 Å². The fourth-order valence-corrected chi connectivity index (χ4v) is 6.14. The Morgan fingerprint density at radius 2 is 1.92 bits per heavy atom. The van der Waals surface area contributed by atoms with Crippen molar-refractivity contribution in [2.45, 2.75) is 63.6 Å². The highest BCUT2D eigenvalue weighted by Crippen LogP contribution is 2.46. The van der Waals surface area contributed by atoms with Crippen molar-refractivity contribution in [1.29, 1.82) is 0 Å². The lowest BCUT2D eigenvalue weighted by Crippen LogP contribution is -2.56. The average molecular weight is 497 g/mol. The molecule has 0 spiro atoms. The number of carbonyl (C=O) groups excluding carboxylic acids is 3. The number of allylic oxidation sites excluding steroid dienone is 1. The zero-order valence-corrected chi connectivity index (χ0v) is 21.0. The number of fused-ring (bicyclic) bond motifs is 7. The van der Waals surface area contributed by atoms with Gasteiger partial charge in [-0.1, -0.05) is 48.0 Å². The number of H-pyrrole nitrogens is 1. The summed E-state index contributed by atoms with van der Waals surface area (Å²) >= 11 is 0. The molecule has 3 aliphatic rings. The molecule has 3 N–H and O–H groups in total. The van der Waals surface area contributed by atoms with Crippen molar-refractivity contribution in [3.63, 3.8) is 0 Å². The molecule has 3 unspecified atom stereocenters. The standard InChI is InChI=1S/C30H32N4O3/c1-18(28(35)31-16-15-19-9-3-2-4-10-19)32-29(36)25-17-23-20-11-7-8-14-24(20)33-26(23)27-21-12-5-6-13-22(21)30(37)34(25)27/h5-9,11-14,18,25,27,33H,2-4,10,15-17H2,1H3,(H,31,35)(H,32,36). The molecule has 3 amide bonds. The summed E-state index contributed by atoms with van der Waals surface area (Å²) < 4.78 is 0. The van der Waals surface area contributed by atoms with Crippen LogP contribution in [-0.2, 0) is 16.0 Å². The van der Waals surface area contributed by atoms with Crippen molar-refractivity contribution in [3.8, 4) is 0 Å². The van der Waals surface area contributed by atoms with Gasteiger partial charge in [-0.05, 0) is 62.3 Å². The number of rotatable bonds is 6. The number of hydrogen-bond donors (Lipinski definition) is 3. The Kier molecular flexibility index (Phi) is 6.07. The predicted octanol–water partition coefficient (Wildman–Crippen LogP) is 4.15. The molecule has 0 fully saturated rings. The molecule has 3 aromatic rings. The third kappa shape index (κ3) is 4.12. The van der Waals surface area contributed by atoms with Gasteiger partial charge in [0.15, 0.2) is 0 Å². The van der Waals surface area contributed by atoms with Crippen LogP contribution in [0.3, 0.4) is 0 Å². The van der Waals surface area contributed by atoms with E-state index in [9.17, 15) is 14.4 Å². The molecule has 6 rings (SSSR count). The summed E-state index contributed by atoms with van der Waals surface area (Å²) in [5.41, 5.74) is 5.94. The van der Waals surface area contributed by atoms with E-state index in [1.54, 1.807) is 11.8 Å². The third-order valence-corrected chi connectivity index (χ3v) is 8.04. The Morgan fingerprint density at radius 3 is 2.76 bits per heavy atom. The van der Waals surface area contributed by atoms with Crippen LogP contribution in [0.4, 0.5) is 0 Å². The van der Waals surface area contributed by atoms with Gasteiger partial charge in [-0.25, -0.2) is 0 Å². The third-order valence-electron chi connectivity index (χ3n) is 8.04.